The molecule has 0 atom stereocenters. The Bertz CT molecular complexity index is 1290. The molecule has 1 aliphatic heterocycles. The van der Waals surface area contributed by atoms with Crippen LogP contribution in [0.5, 0.6) is 5.75 Å². The molecule has 1 aromatic heterocycles. The van der Waals surface area contributed by atoms with Gasteiger partial charge in [-0.15, -0.1) is 0 Å². The van der Waals surface area contributed by atoms with Gasteiger partial charge in [0.15, 0.2) is 4.80 Å². The Morgan fingerprint density at radius 1 is 1.03 bits per heavy atom. The first-order chi connectivity index (χ1) is 15.4. The van der Waals surface area contributed by atoms with Crippen LogP contribution in [0, 0.1) is 0 Å². The van der Waals surface area contributed by atoms with Crippen LogP contribution in [0.1, 0.15) is 27.6 Å². The number of ether oxygens (including phenoxy) is 2. The number of nitrogens with zero attached hydrogens (tertiary/aromatic N) is 3. The standard InChI is InChI=1S/C22H19N3O6S/c1-3-31-13-8-9-16-17(10-13)32-22(24(16)12-19(27)30-2)23-18(26)11-25-20(28)14-6-4-5-7-15(14)21(25)29/h4-10H,3,11-12H2,1-2H3. The highest BCUT2D eigenvalue weighted by molar-refractivity contribution is 7.16. The minimum atomic E-state index is -0.685. The molecule has 0 saturated heterocycles. The molecule has 2 aromatic carbocycles. The summed E-state index contributed by atoms with van der Waals surface area (Å²) < 4.78 is 12.6. The molecule has 164 valence electrons. The number of carbonyl (C=O) groups is 4. The molecule has 0 spiro atoms. The SMILES string of the molecule is CCOc1ccc2c(c1)sc(=NC(=O)CN1C(=O)c3ccccc3C1=O)n2CC(=O)OC. The van der Waals surface area contributed by atoms with Gasteiger partial charge in [-0.3, -0.25) is 24.1 Å². The van der Waals surface area contributed by atoms with E-state index in [9.17, 15) is 19.2 Å². The fraction of sp³-hybridized carbons (Fsp3) is 0.227. The van der Waals surface area contributed by atoms with Crippen LogP contribution in [-0.4, -0.2) is 53.4 Å². The predicted molar refractivity (Wildman–Crippen MR) is 115 cm³/mol. The lowest BCUT2D eigenvalue weighted by atomic mass is 10.1. The Labute approximate surface area is 186 Å². The fourth-order valence-electron chi connectivity index (χ4n) is 3.40. The van der Waals surface area contributed by atoms with Gasteiger partial charge in [0.05, 0.1) is 35.1 Å². The topological polar surface area (TPSA) is 107 Å². The van der Waals surface area contributed by atoms with Gasteiger partial charge in [0.25, 0.3) is 17.7 Å². The van der Waals surface area contributed by atoms with E-state index in [-0.39, 0.29) is 22.5 Å². The molecule has 3 amide bonds. The van der Waals surface area contributed by atoms with Crippen molar-refractivity contribution in [1.82, 2.24) is 9.47 Å². The second-order valence-electron chi connectivity index (χ2n) is 6.86. The van der Waals surface area contributed by atoms with Crippen molar-refractivity contribution < 1.29 is 28.7 Å². The highest BCUT2D eigenvalue weighted by atomic mass is 32.1. The minimum Gasteiger partial charge on any atom is -0.494 e. The number of fused-ring (bicyclic) bond motifs is 2. The zero-order valence-corrected chi connectivity index (χ0v) is 18.2. The number of benzene rings is 2. The summed E-state index contributed by atoms with van der Waals surface area (Å²) in [6, 6.07) is 11.7. The molecule has 0 unspecified atom stereocenters. The second-order valence-corrected chi connectivity index (χ2v) is 7.87. The number of methoxy groups -OCH3 is 1. The highest BCUT2D eigenvalue weighted by Gasteiger charge is 2.36. The van der Waals surface area contributed by atoms with Crippen LogP contribution < -0.4 is 9.54 Å². The molecule has 3 aromatic rings. The lowest BCUT2D eigenvalue weighted by Gasteiger charge is -2.10. The molecule has 32 heavy (non-hydrogen) atoms. The minimum absolute atomic E-state index is 0.149. The zero-order valence-electron chi connectivity index (χ0n) is 17.4. The van der Waals surface area contributed by atoms with Gasteiger partial charge in [0.1, 0.15) is 18.8 Å². The van der Waals surface area contributed by atoms with Gasteiger partial charge in [-0.1, -0.05) is 23.5 Å². The third-order valence-corrected chi connectivity index (χ3v) is 5.91. The Morgan fingerprint density at radius 3 is 2.34 bits per heavy atom. The summed E-state index contributed by atoms with van der Waals surface area (Å²) in [5.74, 6) is -1.61. The second kappa shape index (κ2) is 8.75. The van der Waals surface area contributed by atoms with Crippen molar-refractivity contribution in [3.63, 3.8) is 0 Å². The molecule has 0 aliphatic carbocycles. The van der Waals surface area contributed by atoms with Crippen LogP contribution in [0.15, 0.2) is 47.5 Å². The summed E-state index contributed by atoms with van der Waals surface area (Å²) in [6.07, 6.45) is 0. The number of hydrogen-bond acceptors (Lipinski definition) is 7. The molecule has 0 bridgehead atoms. The third-order valence-electron chi connectivity index (χ3n) is 4.87. The highest BCUT2D eigenvalue weighted by Crippen LogP contribution is 2.24. The lowest BCUT2D eigenvalue weighted by molar-refractivity contribution is -0.141. The van der Waals surface area contributed by atoms with E-state index >= 15 is 0 Å². The average Bonchev–Trinajstić information content (AvgIpc) is 3.23. The fourth-order valence-corrected chi connectivity index (χ4v) is 4.48. The number of esters is 1. The predicted octanol–water partition coefficient (Wildman–Crippen LogP) is 2.00. The zero-order chi connectivity index (χ0) is 22.8. The summed E-state index contributed by atoms with van der Waals surface area (Å²) in [7, 11) is 1.27. The number of imide groups is 1. The van der Waals surface area contributed by atoms with E-state index in [0.717, 1.165) is 9.60 Å². The number of rotatable bonds is 6. The molecule has 4 rings (SSSR count). The van der Waals surface area contributed by atoms with Crippen LogP contribution in [0.2, 0.25) is 0 Å². The molecule has 2 heterocycles. The molecular formula is C22H19N3O6S. The lowest BCUT2D eigenvalue weighted by Crippen LogP contribution is -2.35. The quantitative estimate of drug-likeness (QED) is 0.417. The van der Waals surface area contributed by atoms with Crippen molar-refractivity contribution in [1.29, 1.82) is 0 Å². The summed E-state index contributed by atoms with van der Waals surface area (Å²) >= 11 is 1.19. The van der Waals surface area contributed by atoms with Gasteiger partial charge in [-0.2, -0.15) is 4.99 Å². The van der Waals surface area contributed by atoms with Gasteiger partial charge < -0.3 is 14.0 Å². The number of amides is 3. The van der Waals surface area contributed by atoms with Gasteiger partial charge in [0, 0.05) is 0 Å². The van der Waals surface area contributed by atoms with Crippen molar-refractivity contribution >= 4 is 45.2 Å². The maximum absolute atomic E-state index is 12.7. The summed E-state index contributed by atoms with van der Waals surface area (Å²) in [5, 5.41) is 0. The van der Waals surface area contributed by atoms with E-state index in [4.69, 9.17) is 9.47 Å². The number of hydrogen-bond donors (Lipinski definition) is 0. The third kappa shape index (κ3) is 3.92. The summed E-state index contributed by atoms with van der Waals surface area (Å²) in [6.45, 7) is 1.72. The molecule has 0 radical (unpaired) electrons. The van der Waals surface area contributed by atoms with Crippen molar-refractivity contribution in [3.8, 4) is 5.75 Å². The monoisotopic (exact) mass is 453 g/mol. The first-order valence-corrected chi connectivity index (χ1v) is 10.6. The Morgan fingerprint density at radius 2 is 1.72 bits per heavy atom. The van der Waals surface area contributed by atoms with E-state index in [1.165, 1.54) is 18.4 Å². The van der Waals surface area contributed by atoms with Gasteiger partial charge in [-0.05, 0) is 37.3 Å². The van der Waals surface area contributed by atoms with Crippen LogP contribution in [0.25, 0.3) is 10.2 Å². The van der Waals surface area contributed by atoms with Crippen molar-refractivity contribution in [2.45, 2.75) is 13.5 Å². The molecule has 0 saturated carbocycles. The van der Waals surface area contributed by atoms with E-state index in [1.807, 2.05) is 6.92 Å². The summed E-state index contributed by atoms with van der Waals surface area (Å²) in [5.41, 5.74) is 1.20. The number of thiazole rings is 1. The largest absolute Gasteiger partial charge is 0.494 e. The maximum Gasteiger partial charge on any atom is 0.325 e. The van der Waals surface area contributed by atoms with Gasteiger partial charge in [0.2, 0.25) is 0 Å². The van der Waals surface area contributed by atoms with E-state index in [0.29, 0.717) is 17.9 Å². The molecule has 1 aliphatic rings. The molecular weight excluding hydrogens is 434 g/mol. The first kappa shape index (κ1) is 21.4. The number of aromatic nitrogens is 1. The Kier molecular flexibility index (Phi) is 5.87. The van der Waals surface area contributed by atoms with Crippen molar-refractivity contribution in [3.05, 3.63) is 58.4 Å². The molecule has 9 nitrogen and oxygen atoms in total. The van der Waals surface area contributed by atoms with Gasteiger partial charge in [-0.25, -0.2) is 0 Å². The average molecular weight is 453 g/mol. The molecule has 0 fully saturated rings. The number of carbonyl (C=O) groups excluding carboxylic acids is 4. The summed E-state index contributed by atoms with van der Waals surface area (Å²) in [4.78, 5) is 54.9. The Hall–Kier alpha value is -3.79. The first-order valence-electron chi connectivity index (χ1n) is 9.78. The van der Waals surface area contributed by atoms with Crippen LogP contribution in [-0.2, 0) is 20.9 Å². The van der Waals surface area contributed by atoms with Crippen LogP contribution >= 0.6 is 11.3 Å². The van der Waals surface area contributed by atoms with Gasteiger partial charge >= 0.3 is 5.97 Å². The van der Waals surface area contributed by atoms with Crippen molar-refractivity contribution in [2.75, 3.05) is 20.3 Å². The van der Waals surface area contributed by atoms with E-state index in [1.54, 1.807) is 47.0 Å². The molecule has 0 N–H and O–H groups in total. The molecule has 10 heteroatoms. The Balaban J connectivity index is 1.68. The van der Waals surface area contributed by atoms with E-state index in [2.05, 4.69) is 4.99 Å². The smallest absolute Gasteiger partial charge is 0.325 e. The van der Waals surface area contributed by atoms with Crippen LogP contribution in [0.4, 0.5) is 0 Å². The van der Waals surface area contributed by atoms with E-state index < -0.39 is 30.2 Å². The van der Waals surface area contributed by atoms with Crippen molar-refractivity contribution in [2.24, 2.45) is 4.99 Å². The maximum atomic E-state index is 12.7. The van der Waals surface area contributed by atoms with Crippen LogP contribution in [0.3, 0.4) is 0 Å². The normalized spacial score (nSPS) is 13.6.